The highest BCUT2D eigenvalue weighted by Gasteiger charge is 2.42. The summed E-state index contributed by atoms with van der Waals surface area (Å²) in [5.41, 5.74) is -0.461. The molecule has 0 aromatic heterocycles. The summed E-state index contributed by atoms with van der Waals surface area (Å²) in [5, 5.41) is 13.8. The van der Waals surface area contributed by atoms with Gasteiger partial charge in [-0.05, 0) is 31.2 Å². The second kappa shape index (κ2) is 9.98. The van der Waals surface area contributed by atoms with Crippen LogP contribution >= 0.6 is 0 Å². The lowest BCUT2D eigenvalue weighted by Gasteiger charge is -2.18. The minimum Gasteiger partial charge on any atom is -0.497 e. The molecule has 0 bridgehead atoms. The number of methoxy groups -OCH3 is 2. The van der Waals surface area contributed by atoms with Crippen molar-refractivity contribution in [3.63, 3.8) is 0 Å². The molecule has 12 heteroatoms. The number of carbonyl (C=O) groups excluding carboxylic acids is 4. The number of carbonyl (C=O) groups is 4. The monoisotopic (exact) mass is 471 g/mol. The van der Waals surface area contributed by atoms with Crippen LogP contribution in [0.4, 0.5) is 5.69 Å². The maximum absolute atomic E-state index is 12.5. The summed E-state index contributed by atoms with van der Waals surface area (Å²) in [6, 6.07) is 8.18. The van der Waals surface area contributed by atoms with Crippen molar-refractivity contribution in [3.8, 4) is 11.5 Å². The summed E-state index contributed by atoms with van der Waals surface area (Å²) < 4.78 is 15.4. The lowest BCUT2D eigenvalue weighted by molar-refractivity contribution is -0.385. The van der Waals surface area contributed by atoms with E-state index < -0.39 is 53.5 Å². The van der Waals surface area contributed by atoms with Gasteiger partial charge in [0.2, 0.25) is 0 Å². The van der Waals surface area contributed by atoms with Crippen LogP contribution in [0, 0.1) is 10.1 Å². The van der Waals surface area contributed by atoms with E-state index >= 15 is 0 Å². The van der Waals surface area contributed by atoms with Crippen molar-refractivity contribution >= 4 is 29.4 Å². The van der Waals surface area contributed by atoms with Gasteiger partial charge >= 0.3 is 5.97 Å². The maximum atomic E-state index is 12.5. The Balaban J connectivity index is 1.59. The van der Waals surface area contributed by atoms with E-state index in [1.807, 2.05) is 0 Å². The first-order valence-corrected chi connectivity index (χ1v) is 9.98. The molecule has 0 aliphatic carbocycles. The van der Waals surface area contributed by atoms with Crippen LogP contribution in [-0.2, 0) is 14.3 Å². The fourth-order valence-corrected chi connectivity index (χ4v) is 3.47. The zero-order valence-corrected chi connectivity index (χ0v) is 18.5. The molecule has 12 nitrogen and oxygen atoms in total. The number of benzene rings is 2. The first-order valence-electron chi connectivity index (χ1n) is 9.98. The van der Waals surface area contributed by atoms with E-state index in [1.54, 1.807) is 25.1 Å². The highest BCUT2D eigenvalue weighted by Crippen LogP contribution is 2.31. The van der Waals surface area contributed by atoms with Crippen molar-refractivity contribution in [2.45, 2.75) is 13.0 Å². The van der Waals surface area contributed by atoms with Gasteiger partial charge in [0.1, 0.15) is 23.6 Å². The van der Waals surface area contributed by atoms with Crippen LogP contribution in [0.2, 0.25) is 0 Å². The number of hydrogen-bond acceptors (Lipinski definition) is 9. The van der Waals surface area contributed by atoms with Crippen LogP contribution in [0.5, 0.6) is 11.5 Å². The number of nitrogens with zero attached hydrogens (tertiary/aromatic N) is 2. The fourth-order valence-electron chi connectivity index (χ4n) is 3.47. The second-order valence-electron chi connectivity index (χ2n) is 7.21. The van der Waals surface area contributed by atoms with Gasteiger partial charge in [0.05, 0.1) is 30.7 Å². The van der Waals surface area contributed by atoms with Crippen molar-refractivity contribution in [1.82, 2.24) is 10.2 Å². The van der Waals surface area contributed by atoms with Crippen molar-refractivity contribution < 1.29 is 38.3 Å². The molecule has 178 valence electrons. The molecule has 1 heterocycles. The highest BCUT2D eigenvalue weighted by molar-refractivity contribution is 6.24. The molecule has 0 spiro atoms. The predicted molar refractivity (Wildman–Crippen MR) is 116 cm³/mol. The number of hydrogen-bond donors (Lipinski definition) is 1. The Morgan fingerprint density at radius 2 is 1.85 bits per heavy atom. The minimum atomic E-state index is -1.03. The van der Waals surface area contributed by atoms with Crippen LogP contribution in [-0.4, -0.2) is 60.9 Å². The van der Waals surface area contributed by atoms with Crippen LogP contribution in [0.1, 0.15) is 39.2 Å². The number of rotatable bonds is 9. The molecular formula is C22H21N3O9. The number of ether oxygens (including phenoxy) is 3. The standard InChI is InChI=1S/C22H21N3O9/c1-12(15-9-13(32-2)7-8-17(15)33-3)23-18(26)11-34-19(27)10-24-21(28)14-5-4-6-16(25(30)31)20(14)22(24)29/h4-9,12H,10-11H2,1-3H3,(H,23,26). The molecular weight excluding hydrogens is 450 g/mol. The number of imide groups is 1. The van der Waals surface area contributed by atoms with Crippen LogP contribution in [0.25, 0.3) is 0 Å². The second-order valence-corrected chi connectivity index (χ2v) is 7.21. The molecule has 1 aliphatic rings. The summed E-state index contributed by atoms with van der Waals surface area (Å²) in [6.45, 7) is 0.234. The van der Waals surface area contributed by atoms with Crippen molar-refractivity contribution in [2.75, 3.05) is 27.4 Å². The molecule has 0 radical (unpaired) electrons. The van der Waals surface area contributed by atoms with Gasteiger partial charge in [-0.15, -0.1) is 0 Å². The Morgan fingerprint density at radius 3 is 2.50 bits per heavy atom. The summed E-state index contributed by atoms with van der Waals surface area (Å²) in [6.07, 6.45) is 0. The Morgan fingerprint density at radius 1 is 1.12 bits per heavy atom. The van der Waals surface area contributed by atoms with Gasteiger partial charge in [0.15, 0.2) is 6.61 Å². The summed E-state index contributed by atoms with van der Waals surface area (Å²) in [5.74, 6) is -2.42. The number of nitro benzene ring substituents is 1. The van der Waals surface area contributed by atoms with E-state index in [0.717, 1.165) is 6.07 Å². The van der Waals surface area contributed by atoms with Crippen molar-refractivity contribution in [3.05, 3.63) is 63.2 Å². The molecule has 1 N–H and O–H groups in total. The van der Waals surface area contributed by atoms with Gasteiger partial charge in [-0.25, -0.2) is 0 Å². The van der Waals surface area contributed by atoms with Gasteiger partial charge < -0.3 is 19.5 Å². The third-order valence-electron chi connectivity index (χ3n) is 5.11. The third-order valence-corrected chi connectivity index (χ3v) is 5.11. The summed E-state index contributed by atoms with van der Waals surface area (Å²) in [4.78, 5) is 60.3. The van der Waals surface area contributed by atoms with E-state index in [9.17, 15) is 29.3 Å². The van der Waals surface area contributed by atoms with Gasteiger partial charge in [0, 0.05) is 11.6 Å². The highest BCUT2D eigenvalue weighted by atomic mass is 16.6. The average Bonchev–Trinajstić information content (AvgIpc) is 3.06. The first-order chi connectivity index (χ1) is 16.2. The molecule has 0 saturated carbocycles. The van der Waals surface area contributed by atoms with Crippen LogP contribution in [0.3, 0.4) is 0 Å². The molecule has 0 fully saturated rings. The average molecular weight is 471 g/mol. The Hall–Kier alpha value is -4.48. The quantitative estimate of drug-likeness (QED) is 0.249. The maximum Gasteiger partial charge on any atom is 0.326 e. The number of fused-ring (bicyclic) bond motifs is 1. The van der Waals surface area contributed by atoms with Gasteiger partial charge in [0.25, 0.3) is 23.4 Å². The third kappa shape index (κ3) is 4.80. The normalized spacial score (nSPS) is 13.2. The number of esters is 1. The van der Waals surface area contributed by atoms with E-state index in [0.29, 0.717) is 22.0 Å². The predicted octanol–water partition coefficient (Wildman–Crippen LogP) is 1.63. The molecule has 2 aromatic carbocycles. The summed E-state index contributed by atoms with van der Waals surface area (Å²) in [7, 11) is 2.98. The number of amides is 3. The van der Waals surface area contributed by atoms with Crippen molar-refractivity contribution in [2.24, 2.45) is 0 Å². The fraction of sp³-hybridized carbons (Fsp3) is 0.273. The van der Waals surface area contributed by atoms with E-state index in [2.05, 4.69) is 5.32 Å². The smallest absolute Gasteiger partial charge is 0.326 e. The Bertz CT molecular complexity index is 1180. The number of nitro groups is 1. The largest absolute Gasteiger partial charge is 0.497 e. The van der Waals surface area contributed by atoms with Crippen LogP contribution < -0.4 is 14.8 Å². The Kier molecular flexibility index (Phi) is 7.09. The first kappa shape index (κ1) is 24.2. The van der Waals surface area contributed by atoms with Gasteiger partial charge in [-0.1, -0.05) is 6.07 Å². The lowest BCUT2D eigenvalue weighted by Crippen LogP contribution is -2.37. The minimum absolute atomic E-state index is 0.175. The topological polar surface area (TPSA) is 154 Å². The number of nitrogens with one attached hydrogen (secondary N) is 1. The van der Waals surface area contributed by atoms with Crippen molar-refractivity contribution in [1.29, 1.82) is 0 Å². The van der Waals surface area contributed by atoms with Gasteiger partial charge in [-0.3, -0.25) is 34.2 Å². The molecule has 3 rings (SSSR count). The molecule has 1 aliphatic heterocycles. The van der Waals surface area contributed by atoms with Gasteiger partial charge in [-0.2, -0.15) is 0 Å². The SMILES string of the molecule is COc1ccc(OC)c(C(C)NC(=O)COC(=O)CN2C(=O)c3cccc([N+](=O)[O-])c3C2=O)c1. The van der Waals surface area contributed by atoms with E-state index in [4.69, 9.17) is 14.2 Å². The van der Waals surface area contributed by atoms with Crippen LogP contribution in [0.15, 0.2) is 36.4 Å². The molecule has 1 unspecified atom stereocenters. The lowest BCUT2D eigenvalue weighted by atomic mass is 10.1. The zero-order valence-electron chi connectivity index (χ0n) is 18.5. The Labute approximate surface area is 193 Å². The molecule has 2 aromatic rings. The van der Waals surface area contributed by atoms with E-state index in [1.165, 1.54) is 26.4 Å². The molecule has 3 amide bonds. The summed E-state index contributed by atoms with van der Waals surface area (Å²) >= 11 is 0. The zero-order chi connectivity index (χ0) is 25.0. The molecule has 34 heavy (non-hydrogen) atoms. The molecule has 1 atom stereocenters. The van der Waals surface area contributed by atoms with E-state index in [-0.39, 0.29) is 11.1 Å². The molecule has 0 saturated heterocycles.